The van der Waals surface area contributed by atoms with Gasteiger partial charge in [0.05, 0.1) is 12.4 Å². The normalized spacial score (nSPS) is 25.1. The molecule has 1 saturated heterocycles. The summed E-state index contributed by atoms with van der Waals surface area (Å²) >= 11 is 0. The van der Waals surface area contributed by atoms with Gasteiger partial charge in [0.25, 0.3) is 10.1 Å². The number of morpholine rings is 1. The summed E-state index contributed by atoms with van der Waals surface area (Å²) in [5, 5.41) is 9.11. The molecule has 2 N–H and O–H groups in total. The number of aliphatic hydroxyl groups is 1. The van der Waals surface area contributed by atoms with Crippen LogP contribution in [0.1, 0.15) is 6.42 Å². The average molecular weight is 225 g/mol. The molecule has 0 aromatic carbocycles. The van der Waals surface area contributed by atoms with Gasteiger partial charge in [0.15, 0.2) is 6.29 Å². The second kappa shape index (κ2) is 5.04. The van der Waals surface area contributed by atoms with Crippen molar-refractivity contribution in [3.8, 4) is 0 Å². The molecule has 0 saturated carbocycles. The number of ether oxygens (including phenoxy) is 1. The van der Waals surface area contributed by atoms with Crippen LogP contribution in [0.5, 0.6) is 0 Å². The summed E-state index contributed by atoms with van der Waals surface area (Å²) in [5.41, 5.74) is 0. The molecular weight excluding hydrogens is 210 g/mol. The van der Waals surface area contributed by atoms with Crippen molar-refractivity contribution in [1.82, 2.24) is 4.90 Å². The maximum absolute atomic E-state index is 10.4. The van der Waals surface area contributed by atoms with Crippen molar-refractivity contribution in [2.45, 2.75) is 12.7 Å². The predicted octanol–water partition coefficient (Wildman–Crippen LogP) is -1.09. The first-order valence-electron chi connectivity index (χ1n) is 4.44. The van der Waals surface area contributed by atoms with E-state index in [1.165, 1.54) is 0 Å². The number of β-amino-alcohol motifs (C(OH)–C–C–N with tert-alkyl or cyclic N) is 1. The van der Waals surface area contributed by atoms with Crippen LogP contribution < -0.4 is 0 Å². The van der Waals surface area contributed by atoms with Crippen molar-refractivity contribution >= 4 is 10.1 Å². The summed E-state index contributed by atoms with van der Waals surface area (Å²) in [7, 11) is -3.86. The van der Waals surface area contributed by atoms with Gasteiger partial charge in [0.1, 0.15) is 0 Å². The molecule has 0 aliphatic carbocycles. The summed E-state index contributed by atoms with van der Waals surface area (Å²) in [6, 6.07) is 0. The van der Waals surface area contributed by atoms with E-state index in [1.807, 2.05) is 4.90 Å². The molecule has 14 heavy (non-hydrogen) atoms. The minimum atomic E-state index is -3.86. The zero-order valence-corrected chi connectivity index (χ0v) is 8.61. The van der Waals surface area contributed by atoms with Crippen molar-refractivity contribution in [3.05, 3.63) is 0 Å². The molecule has 1 atom stereocenters. The van der Waals surface area contributed by atoms with E-state index in [1.54, 1.807) is 0 Å². The molecule has 7 heteroatoms. The van der Waals surface area contributed by atoms with Crippen LogP contribution in [-0.2, 0) is 14.9 Å². The van der Waals surface area contributed by atoms with Crippen LogP contribution in [0, 0.1) is 0 Å². The lowest BCUT2D eigenvalue weighted by atomic mass is 10.3. The van der Waals surface area contributed by atoms with Crippen molar-refractivity contribution in [1.29, 1.82) is 0 Å². The third-order valence-electron chi connectivity index (χ3n) is 2.01. The molecular formula is C7H15NO5S. The van der Waals surface area contributed by atoms with Gasteiger partial charge < -0.3 is 9.84 Å². The van der Waals surface area contributed by atoms with Crippen LogP contribution in [0.3, 0.4) is 0 Å². The van der Waals surface area contributed by atoms with Crippen LogP contribution in [0.2, 0.25) is 0 Å². The van der Waals surface area contributed by atoms with Crippen molar-refractivity contribution in [2.24, 2.45) is 0 Å². The van der Waals surface area contributed by atoms with Crippen molar-refractivity contribution in [2.75, 3.05) is 32.0 Å². The summed E-state index contributed by atoms with van der Waals surface area (Å²) in [5.74, 6) is -0.236. The van der Waals surface area contributed by atoms with Crippen LogP contribution in [0.25, 0.3) is 0 Å². The number of hydrogen-bond acceptors (Lipinski definition) is 5. The van der Waals surface area contributed by atoms with E-state index in [2.05, 4.69) is 0 Å². The molecule has 1 aliphatic heterocycles. The zero-order valence-electron chi connectivity index (χ0n) is 7.79. The van der Waals surface area contributed by atoms with Gasteiger partial charge in [-0.25, -0.2) is 0 Å². The molecule has 6 nitrogen and oxygen atoms in total. The Hall–Kier alpha value is -0.210. The van der Waals surface area contributed by atoms with E-state index >= 15 is 0 Å². The Morgan fingerprint density at radius 3 is 2.79 bits per heavy atom. The summed E-state index contributed by atoms with van der Waals surface area (Å²) in [6.45, 7) is 2.07. The lowest BCUT2D eigenvalue weighted by Gasteiger charge is -2.29. The number of rotatable bonds is 4. The van der Waals surface area contributed by atoms with Gasteiger partial charge in [0.2, 0.25) is 0 Å². The Bertz CT molecular complexity index is 265. The second-order valence-corrected chi connectivity index (χ2v) is 4.84. The third kappa shape index (κ3) is 4.87. The predicted molar refractivity (Wildman–Crippen MR) is 49.4 cm³/mol. The topological polar surface area (TPSA) is 87.1 Å². The van der Waals surface area contributed by atoms with E-state index in [0.29, 0.717) is 32.7 Å². The molecule has 0 radical (unpaired) electrons. The summed E-state index contributed by atoms with van der Waals surface area (Å²) in [4.78, 5) is 1.90. The second-order valence-electron chi connectivity index (χ2n) is 3.27. The number of aliphatic hydroxyl groups excluding tert-OH is 1. The first-order chi connectivity index (χ1) is 6.47. The highest BCUT2D eigenvalue weighted by atomic mass is 32.2. The van der Waals surface area contributed by atoms with Crippen LogP contribution in [0.4, 0.5) is 0 Å². The highest BCUT2D eigenvalue weighted by molar-refractivity contribution is 7.85. The molecule has 0 aromatic heterocycles. The van der Waals surface area contributed by atoms with E-state index in [4.69, 9.17) is 14.4 Å². The molecule has 0 spiro atoms. The largest absolute Gasteiger partial charge is 0.367 e. The van der Waals surface area contributed by atoms with E-state index < -0.39 is 16.4 Å². The van der Waals surface area contributed by atoms with E-state index in [-0.39, 0.29) is 5.75 Å². The van der Waals surface area contributed by atoms with Crippen molar-refractivity contribution < 1.29 is 22.8 Å². The van der Waals surface area contributed by atoms with E-state index in [9.17, 15) is 8.42 Å². The molecule has 0 bridgehead atoms. The van der Waals surface area contributed by atoms with Crippen LogP contribution in [-0.4, -0.2) is 61.3 Å². The number of hydrogen-bond donors (Lipinski definition) is 2. The summed E-state index contributed by atoms with van der Waals surface area (Å²) < 4.78 is 34.2. The molecule has 0 aromatic rings. The van der Waals surface area contributed by atoms with Crippen LogP contribution >= 0.6 is 0 Å². The molecule has 1 unspecified atom stereocenters. The lowest BCUT2D eigenvalue weighted by molar-refractivity contribution is -0.145. The van der Waals surface area contributed by atoms with Gasteiger partial charge in [-0.1, -0.05) is 0 Å². The maximum Gasteiger partial charge on any atom is 0.264 e. The molecule has 1 fully saturated rings. The molecule has 1 heterocycles. The fourth-order valence-corrected chi connectivity index (χ4v) is 1.85. The first kappa shape index (κ1) is 11.9. The zero-order chi connectivity index (χ0) is 10.6. The Balaban J connectivity index is 2.18. The van der Waals surface area contributed by atoms with Gasteiger partial charge in [-0.05, 0) is 13.0 Å². The van der Waals surface area contributed by atoms with Gasteiger partial charge in [-0.3, -0.25) is 9.45 Å². The smallest absolute Gasteiger partial charge is 0.264 e. The third-order valence-corrected chi connectivity index (χ3v) is 2.81. The lowest BCUT2D eigenvalue weighted by Crippen LogP contribution is -2.42. The maximum atomic E-state index is 10.4. The fourth-order valence-electron chi connectivity index (χ4n) is 1.36. The Kier molecular flexibility index (Phi) is 4.27. The first-order valence-corrected chi connectivity index (χ1v) is 6.05. The Labute approximate surface area is 83.2 Å². The van der Waals surface area contributed by atoms with Gasteiger partial charge in [-0.15, -0.1) is 0 Å². The Morgan fingerprint density at radius 1 is 1.50 bits per heavy atom. The van der Waals surface area contributed by atoms with Crippen LogP contribution in [0.15, 0.2) is 0 Å². The van der Waals surface area contributed by atoms with Gasteiger partial charge in [0, 0.05) is 13.1 Å². The fraction of sp³-hybridized carbons (Fsp3) is 1.00. The van der Waals surface area contributed by atoms with E-state index in [0.717, 1.165) is 0 Å². The van der Waals surface area contributed by atoms with Gasteiger partial charge in [-0.2, -0.15) is 8.42 Å². The van der Waals surface area contributed by atoms with Crippen molar-refractivity contribution in [3.63, 3.8) is 0 Å². The average Bonchev–Trinajstić information content (AvgIpc) is 2.01. The SMILES string of the molecule is O=S(=O)(O)CCCN1CCOC(O)C1. The van der Waals surface area contributed by atoms with Gasteiger partial charge >= 0.3 is 0 Å². The Morgan fingerprint density at radius 2 is 2.21 bits per heavy atom. The standard InChI is InChI=1S/C7H15NO5S/c9-7-6-8(3-4-13-7)2-1-5-14(10,11)12/h7,9H,1-6H2,(H,10,11,12). The molecule has 1 aliphatic rings. The number of nitrogens with zero attached hydrogens (tertiary/aromatic N) is 1. The monoisotopic (exact) mass is 225 g/mol. The highest BCUT2D eigenvalue weighted by Gasteiger charge is 2.17. The minimum Gasteiger partial charge on any atom is -0.367 e. The molecule has 0 amide bonds. The molecule has 84 valence electrons. The summed E-state index contributed by atoms with van der Waals surface area (Å²) in [6.07, 6.45) is -0.416. The minimum absolute atomic E-state index is 0.236. The quantitative estimate of drug-likeness (QED) is 0.591. The molecule has 1 rings (SSSR count). The highest BCUT2D eigenvalue weighted by Crippen LogP contribution is 2.03.